The molecular formula is C15H15FN2O2. The SMILES string of the molecule is CC(C)n1cc(CC(=O)c2ccnc(F)c2)ccc1=O. The zero-order valence-electron chi connectivity index (χ0n) is 11.3. The molecule has 0 atom stereocenters. The monoisotopic (exact) mass is 274 g/mol. The normalized spacial score (nSPS) is 10.8. The summed E-state index contributed by atoms with van der Waals surface area (Å²) < 4.78 is 14.5. The molecule has 0 aliphatic carbocycles. The predicted molar refractivity (Wildman–Crippen MR) is 73.3 cm³/mol. The van der Waals surface area contributed by atoms with Crippen LogP contribution in [0.15, 0.2) is 41.5 Å². The van der Waals surface area contributed by atoms with Gasteiger partial charge in [-0.1, -0.05) is 6.07 Å². The molecule has 0 unspecified atom stereocenters. The molecule has 20 heavy (non-hydrogen) atoms. The number of pyridine rings is 2. The van der Waals surface area contributed by atoms with Crippen LogP contribution in [0.4, 0.5) is 4.39 Å². The Morgan fingerprint density at radius 3 is 2.75 bits per heavy atom. The van der Waals surface area contributed by atoms with Crippen molar-refractivity contribution in [3.8, 4) is 0 Å². The minimum atomic E-state index is -0.678. The third kappa shape index (κ3) is 3.17. The van der Waals surface area contributed by atoms with Gasteiger partial charge in [-0.15, -0.1) is 0 Å². The van der Waals surface area contributed by atoms with Crippen LogP contribution in [0.25, 0.3) is 0 Å². The first kappa shape index (κ1) is 14.1. The van der Waals surface area contributed by atoms with Gasteiger partial charge in [-0.05, 0) is 25.5 Å². The molecule has 2 rings (SSSR count). The van der Waals surface area contributed by atoms with Crippen LogP contribution in [0.5, 0.6) is 0 Å². The summed E-state index contributed by atoms with van der Waals surface area (Å²) in [6.07, 6.45) is 3.05. The summed E-state index contributed by atoms with van der Waals surface area (Å²) in [5.41, 5.74) is 0.895. The average molecular weight is 274 g/mol. The summed E-state index contributed by atoms with van der Waals surface area (Å²) in [6, 6.07) is 5.67. The first-order chi connectivity index (χ1) is 9.47. The van der Waals surface area contributed by atoms with E-state index >= 15 is 0 Å². The van der Waals surface area contributed by atoms with Gasteiger partial charge >= 0.3 is 0 Å². The van der Waals surface area contributed by atoms with Crippen LogP contribution in [0.1, 0.15) is 35.8 Å². The van der Waals surface area contributed by atoms with E-state index in [1.807, 2.05) is 13.8 Å². The number of Topliss-reactive ketones (excluding diaryl/α,β-unsaturated/α-hetero) is 1. The van der Waals surface area contributed by atoms with E-state index in [2.05, 4.69) is 4.98 Å². The summed E-state index contributed by atoms with van der Waals surface area (Å²) in [7, 11) is 0. The fraction of sp³-hybridized carbons (Fsp3) is 0.267. The molecule has 0 radical (unpaired) electrons. The molecule has 5 heteroatoms. The van der Waals surface area contributed by atoms with Gasteiger partial charge in [0.05, 0.1) is 0 Å². The summed E-state index contributed by atoms with van der Waals surface area (Å²) in [5.74, 6) is -0.886. The van der Waals surface area contributed by atoms with E-state index in [0.717, 1.165) is 11.6 Å². The Labute approximate surface area is 115 Å². The van der Waals surface area contributed by atoms with Gasteiger partial charge in [0.15, 0.2) is 5.78 Å². The van der Waals surface area contributed by atoms with Crippen LogP contribution in [-0.2, 0) is 6.42 Å². The molecule has 0 aromatic carbocycles. The van der Waals surface area contributed by atoms with Gasteiger partial charge in [0.2, 0.25) is 5.95 Å². The minimum Gasteiger partial charge on any atom is -0.313 e. The van der Waals surface area contributed by atoms with Crippen molar-refractivity contribution in [3.05, 3.63) is 64.1 Å². The molecule has 2 aromatic rings. The van der Waals surface area contributed by atoms with Crippen molar-refractivity contribution in [2.75, 3.05) is 0 Å². The molecule has 0 amide bonds. The number of rotatable bonds is 4. The van der Waals surface area contributed by atoms with Crippen LogP contribution in [0, 0.1) is 5.95 Å². The summed E-state index contributed by atoms with van der Waals surface area (Å²) >= 11 is 0. The molecule has 0 saturated heterocycles. The van der Waals surface area contributed by atoms with E-state index in [1.54, 1.807) is 16.8 Å². The molecule has 0 aliphatic heterocycles. The first-order valence-electron chi connectivity index (χ1n) is 6.33. The van der Waals surface area contributed by atoms with E-state index in [9.17, 15) is 14.0 Å². The van der Waals surface area contributed by atoms with Gasteiger partial charge in [0, 0.05) is 42.6 Å². The lowest BCUT2D eigenvalue weighted by Gasteiger charge is -2.11. The van der Waals surface area contributed by atoms with Gasteiger partial charge in [0.25, 0.3) is 5.56 Å². The number of aromatic nitrogens is 2. The van der Waals surface area contributed by atoms with Gasteiger partial charge in [-0.3, -0.25) is 9.59 Å². The first-order valence-corrected chi connectivity index (χ1v) is 6.33. The zero-order valence-corrected chi connectivity index (χ0v) is 11.3. The second-order valence-electron chi connectivity index (χ2n) is 4.84. The maximum atomic E-state index is 13.0. The highest BCUT2D eigenvalue weighted by molar-refractivity contribution is 5.97. The van der Waals surface area contributed by atoms with Crippen molar-refractivity contribution in [1.29, 1.82) is 0 Å². The Morgan fingerprint density at radius 2 is 2.10 bits per heavy atom. The van der Waals surface area contributed by atoms with E-state index in [0.29, 0.717) is 0 Å². The maximum absolute atomic E-state index is 13.0. The van der Waals surface area contributed by atoms with Crippen LogP contribution >= 0.6 is 0 Å². The van der Waals surface area contributed by atoms with E-state index in [4.69, 9.17) is 0 Å². The number of ketones is 1. The smallest absolute Gasteiger partial charge is 0.250 e. The van der Waals surface area contributed by atoms with Gasteiger partial charge < -0.3 is 4.57 Å². The van der Waals surface area contributed by atoms with Crippen molar-refractivity contribution in [3.63, 3.8) is 0 Å². The van der Waals surface area contributed by atoms with Crippen molar-refractivity contribution < 1.29 is 9.18 Å². The van der Waals surface area contributed by atoms with Crippen molar-refractivity contribution in [2.24, 2.45) is 0 Å². The highest BCUT2D eigenvalue weighted by atomic mass is 19.1. The minimum absolute atomic E-state index is 0.0240. The Balaban J connectivity index is 2.24. The highest BCUT2D eigenvalue weighted by Crippen LogP contribution is 2.09. The van der Waals surface area contributed by atoms with Crippen LogP contribution < -0.4 is 5.56 Å². The largest absolute Gasteiger partial charge is 0.313 e. The quantitative estimate of drug-likeness (QED) is 0.635. The number of nitrogens with zero attached hydrogens (tertiary/aromatic N) is 2. The lowest BCUT2D eigenvalue weighted by Crippen LogP contribution is -2.21. The Bertz CT molecular complexity index is 692. The predicted octanol–water partition coefficient (Wildman–Crippen LogP) is 2.39. The Hall–Kier alpha value is -2.30. The summed E-state index contributed by atoms with van der Waals surface area (Å²) in [5, 5.41) is 0. The zero-order chi connectivity index (χ0) is 14.7. The molecule has 0 saturated carbocycles. The lowest BCUT2D eigenvalue weighted by atomic mass is 10.1. The van der Waals surface area contributed by atoms with Crippen molar-refractivity contribution in [1.82, 2.24) is 9.55 Å². The van der Waals surface area contributed by atoms with Crippen LogP contribution in [-0.4, -0.2) is 15.3 Å². The Morgan fingerprint density at radius 1 is 1.35 bits per heavy atom. The van der Waals surface area contributed by atoms with Crippen LogP contribution in [0.2, 0.25) is 0 Å². The molecule has 104 valence electrons. The summed E-state index contributed by atoms with van der Waals surface area (Å²) in [4.78, 5) is 27.1. The van der Waals surface area contributed by atoms with E-state index < -0.39 is 5.95 Å². The number of hydrogen-bond acceptors (Lipinski definition) is 3. The molecule has 0 aliphatic rings. The molecule has 2 aromatic heterocycles. The van der Waals surface area contributed by atoms with Gasteiger partial charge in [-0.2, -0.15) is 4.39 Å². The number of carbonyl (C=O) groups excluding carboxylic acids is 1. The van der Waals surface area contributed by atoms with E-state index in [-0.39, 0.29) is 29.4 Å². The molecule has 0 bridgehead atoms. The number of halogens is 1. The highest BCUT2D eigenvalue weighted by Gasteiger charge is 2.10. The fourth-order valence-electron chi connectivity index (χ4n) is 1.92. The molecule has 0 fully saturated rings. The molecule has 2 heterocycles. The molecule has 0 spiro atoms. The van der Waals surface area contributed by atoms with Crippen molar-refractivity contribution in [2.45, 2.75) is 26.3 Å². The van der Waals surface area contributed by atoms with Gasteiger partial charge in [-0.25, -0.2) is 4.98 Å². The topological polar surface area (TPSA) is 52.0 Å². The summed E-state index contributed by atoms with van der Waals surface area (Å²) in [6.45, 7) is 3.79. The van der Waals surface area contributed by atoms with Crippen molar-refractivity contribution >= 4 is 5.78 Å². The second-order valence-corrected chi connectivity index (χ2v) is 4.84. The number of hydrogen-bond donors (Lipinski definition) is 0. The number of carbonyl (C=O) groups is 1. The van der Waals surface area contributed by atoms with Gasteiger partial charge in [0.1, 0.15) is 0 Å². The Kier molecular flexibility index (Phi) is 4.08. The van der Waals surface area contributed by atoms with Crippen LogP contribution in [0.3, 0.4) is 0 Å². The standard InChI is InChI=1S/C15H15FN2O2/c1-10(2)18-9-11(3-4-15(18)20)7-13(19)12-5-6-17-14(16)8-12/h3-6,8-10H,7H2,1-2H3. The second kappa shape index (κ2) is 5.77. The molecular weight excluding hydrogens is 259 g/mol. The molecule has 4 nitrogen and oxygen atoms in total. The third-order valence-corrected chi connectivity index (χ3v) is 2.97. The fourth-order valence-corrected chi connectivity index (χ4v) is 1.92. The lowest BCUT2D eigenvalue weighted by molar-refractivity contribution is 0.0992. The molecule has 0 N–H and O–H groups in total. The maximum Gasteiger partial charge on any atom is 0.250 e. The average Bonchev–Trinajstić information content (AvgIpc) is 2.40. The third-order valence-electron chi connectivity index (χ3n) is 2.97. The van der Waals surface area contributed by atoms with E-state index in [1.165, 1.54) is 18.3 Å².